The number of carbonyl (C=O) groups is 1. The minimum Gasteiger partial charge on any atom is -0.355 e. The van der Waals surface area contributed by atoms with Crippen molar-refractivity contribution in [2.45, 2.75) is 18.8 Å². The Morgan fingerprint density at radius 3 is 2.59 bits per heavy atom. The van der Waals surface area contributed by atoms with Gasteiger partial charge in [-0.1, -0.05) is 6.07 Å². The van der Waals surface area contributed by atoms with Gasteiger partial charge in [0.25, 0.3) is 0 Å². The van der Waals surface area contributed by atoms with E-state index < -0.39 is 11.6 Å². The quantitative estimate of drug-likeness (QED) is 0.853. The first-order chi connectivity index (χ1) is 14.1. The van der Waals surface area contributed by atoms with Crippen LogP contribution < -0.4 is 10.2 Å². The van der Waals surface area contributed by atoms with Crippen molar-refractivity contribution in [3.63, 3.8) is 0 Å². The Morgan fingerprint density at radius 1 is 1.14 bits per heavy atom. The molecule has 1 N–H and O–H groups in total. The van der Waals surface area contributed by atoms with Crippen LogP contribution in [0, 0.1) is 34.8 Å². The van der Waals surface area contributed by atoms with E-state index in [4.69, 9.17) is 5.26 Å². The normalized spacial score (nSPS) is 22.4. The van der Waals surface area contributed by atoms with Crippen molar-refractivity contribution in [1.82, 2.24) is 15.3 Å². The summed E-state index contributed by atoms with van der Waals surface area (Å²) in [6, 6.07) is 5.85. The fraction of sp³-hybridized carbons (Fsp3) is 0.429. The Hall–Kier alpha value is -2.92. The lowest BCUT2D eigenvalue weighted by molar-refractivity contribution is -0.127. The van der Waals surface area contributed by atoms with E-state index in [2.05, 4.69) is 20.2 Å². The molecule has 0 saturated carbocycles. The van der Waals surface area contributed by atoms with E-state index in [9.17, 15) is 13.6 Å². The molecule has 0 aliphatic carbocycles. The number of nitrogens with one attached hydrogen (secondary N) is 1. The summed E-state index contributed by atoms with van der Waals surface area (Å²) in [5.74, 6) is -1.29. The summed E-state index contributed by atoms with van der Waals surface area (Å²) < 4.78 is 26.9. The maximum absolute atomic E-state index is 13.7. The van der Waals surface area contributed by atoms with Gasteiger partial charge in [-0.25, -0.2) is 18.7 Å². The zero-order chi connectivity index (χ0) is 20.4. The third-order valence-corrected chi connectivity index (χ3v) is 5.93. The van der Waals surface area contributed by atoms with Gasteiger partial charge in [0.05, 0.1) is 12.4 Å². The molecule has 3 heterocycles. The zero-order valence-electron chi connectivity index (χ0n) is 15.8. The highest BCUT2D eigenvalue weighted by Crippen LogP contribution is 2.34. The van der Waals surface area contributed by atoms with E-state index in [1.54, 1.807) is 12.3 Å². The van der Waals surface area contributed by atoms with Crippen molar-refractivity contribution in [1.29, 1.82) is 5.26 Å². The molecule has 0 amide bonds. The van der Waals surface area contributed by atoms with Crippen LogP contribution in [0.25, 0.3) is 0 Å². The number of hydrogen-bond donors (Lipinski definition) is 1. The van der Waals surface area contributed by atoms with Crippen molar-refractivity contribution in [3.8, 4) is 6.07 Å². The number of hydrogen-bond acceptors (Lipinski definition) is 6. The fourth-order valence-corrected chi connectivity index (χ4v) is 4.31. The Balaban J connectivity index is 1.40. The highest BCUT2D eigenvalue weighted by Gasteiger charge is 2.38. The molecule has 4 rings (SSSR count). The van der Waals surface area contributed by atoms with Crippen LogP contribution in [0.5, 0.6) is 0 Å². The molecule has 0 unspecified atom stereocenters. The Bertz CT molecular complexity index is 935. The molecule has 0 radical (unpaired) electrons. The lowest BCUT2D eigenvalue weighted by atomic mass is 9.79. The van der Waals surface area contributed by atoms with Crippen molar-refractivity contribution in [2.24, 2.45) is 11.8 Å². The Morgan fingerprint density at radius 2 is 1.93 bits per heavy atom. The molecule has 2 aromatic rings. The average Bonchev–Trinajstić information content (AvgIpc) is 3.25. The average molecular weight is 397 g/mol. The van der Waals surface area contributed by atoms with E-state index in [0.717, 1.165) is 6.07 Å². The van der Waals surface area contributed by atoms with Crippen LogP contribution in [0.15, 0.2) is 30.6 Å². The number of ketones is 1. The Kier molecular flexibility index (Phi) is 5.49. The maximum atomic E-state index is 13.7. The van der Waals surface area contributed by atoms with E-state index in [-0.39, 0.29) is 29.2 Å². The minimum absolute atomic E-state index is 0.0599. The predicted octanol–water partition coefficient (Wildman–Crippen LogP) is 2.42. The zero-order valence-corrected chi connectivity index (χ0v) is 15.8. The van der Waals surface area contributed by atoms with Crippen LogP contribution in [-0.4, -0.2) is 41.9 Å². The summed E-state index contributed by atoms with van der Waals surface area (Å²) in [5, 5.41) is 12.1. The highest BCUT2D eigenvalue weighted by molar-refractivity contribution is 5.85. The molecular formula is C21H21F2N5O. The lowest BCUT2D eigenvalue weighted by Crippen LogP contribution is -2.39. The van der Waals surface area contributed by atoms with Crippen molar-refractivity contribution in [3.05, 3.63) is 53.5 Å². The lowest BCUT2D eigenvalue weighted by Gasteiger charge is -2.33. The summed E-state index contributed by atoms with van der Waals surface area (Å²) in [5.41, 5.74) is 0.938. The monoisotopic (exact) mass is 397 g/mol. The van der Waals surface area contributed by atoms with Crippen molar-refractivity contribution >= 4 is 11.6 Å². The first-order valence-electron chi connectivity index (χ1n) is 9.73. The number of nitriles is 1. The van der Waals surface area contributed by atoms with E-state index >= 15 is 0 Å². The molecule has 2 fully saturated rings. The van der Waals surface area contributed by atoms with Gasteiger partial charge in [-0.3, -0.25) is 4.79 Å². The molecular weight excluding hydrogens is 376 g/mol. The van der Waals surface area contributed by atoms with Gasteiger partial charge >= 0.3 is 0 Å². The van der Waals surface area contributed by atoms with Crippen LogP contribution in [0.4, 0.5) is 14.6 Å². The summed E-state index contributed by atoms with van der Waals surface area (Å²) in [7, 11) is 0. The molecule has 2 aliphatic heterocycles. The van der Waals surface area contributed by atoms with Crippen LogP contribution in [0.3, 0.4) is 0 Å². The third kappa shape index (κ3) is 3.96. The first kappa shape index (κ1) is 19.4. The van der Waals surface area contributed by atoms with E-state index in [0.29, 0.717) is 50.4 Å². The van der Waals surface area contributed by atoms with Crippen LogP contribution >= 0.6 is 0 Å². The predicted molar refractivity (Wildman–Crippen MR) is 102 cm³/mol. The van der Waals surface area contributed by atoms with Gasteiger partial charge in [-0.05, 0) is 30.5 Å². The number of rotatable bonds is 4. The van der Waals surface area contributed by atoms with Crippen LogP contribution in [-0.2, 0) is 4.79 Å². The molecule has 29 heavy (non-hydrogen) atoms. The third-order valence-electron chi connectivity index (χ3n) is 5.93. The van der Waals surface area contributed by atoms with Crippen LogP contribution in [0.2, 0.25) is 0 Å². The van der Waals surface area contributed by atoms with E-state index in [1.807, 2.05) is 6.07 Å². The molecule has 2 aliphatic rings. The SMILES string of the molecule is N#Cc1cnc(N2CCC(C(=O)[C@@H]3CNC[C@H]3c3ccc(F)c(F)c3)CC2)cn1. The number of benzene rings is 1. The van der Waals surface area contributed by atoms with Gasteiger partial charge < -0.3 is 10.2 Å². The summed E-state index contributed by atoms with van der Waals surface area (Å²) in [4.78, 5) is 23.6. The molecule has 1 aromatic heterocycles. The van der Waals surface area contributed by atoms with Crippen molar-refractivity contribution < 1.29 is 13.6 Å². The first-order valence-corrected chi connectivity index (χ1v) is 9.73. The van der Waals surface area contributed by atoms with Gasteiger partial charge in [0.2, 0.25) is 0 Å². The molecule has 0 bridgehead atoms. The summed E-state index contributed by atoms with van der Waals surface area (Å²) in [6.07, 6.45) is 4.45. The number of Topliss-reactive ketones (excluding diaryl/α,β-unsaturated/α-hetero) is 1. The fourth-order valence-electron chi connectivity index (χ4n) is 4.31. The van der Waals surface area contributed by atoms with Gasteiger partial charge in [-0.15, -0.1) is 0 Å². The second-order valence-corrected chi connectivity index (χ2v) is 7.58. The van der Waals surface area contributed by atoms with Gasteiger partial charge in [0.15, 0.2) is 17.3 Å². The maximum Gasteiger partial charge on any atom is 0.159 e. The van der Waals surface area contributed by atoms with E-state index in [1.165, 1.54) is 12.3 Å². The topological polar surface area (TPSA) is 81.9 Å². The molecule has 2 saturated heterocycles. The van der Waals surface area contributed by atoms with Gasteiger partial charge in [0, 0.05) is 43.9 Å². The number of anilines is 1. The summed E-state index contributed by atoms with van der Waals surface area (Å²) in [6.45, 7) is 2.52. The Labute approximate surface area is 167 Å². The van der Waals surface area contributed by atoms with Crippen molar-refractivity contribution in [2.75, 3.05) is 31.1 Å². The molecule has 2 atom stereocenters. The second kappa shape index (κ2) is 8.21. The summed E-state index contributed by atoms with van der Waals surface area (Å²) >= 11 is 0. The number of carbonyl (C=O) groups excluding carboxylic acids is 1. The smallest absolute Gasteiger partial charge is 0.159 e. The molecule has 1 aromatic carbocycles. The highest BCUT2D eigenvalue weighted by atomic mass is 19.2. The van der Waals surface area contributed by atoms with Gasteiger partial charge in [0.1, 0.15) is 17.7 Å². The molecule has 6 nitrogen and oxygen atoms in total. The number of halogens is 2. The number of nitrogens with zero attached hydrogens (tertiary/aromatic N) is 4. The minimum atomic E-state index is -0.877. The molecule has 0 spiro atoms. The van der Waals surface area contributed by atoms with Crippen LogP contribution in [0.1, 0.15) is 30.0 Å². The second-order valence-electron chi connectivity index (χ2n) is 7.58. The number of aromatic nitrogens is 2. The largest absolute Gasteiger partial charge is 0.355 e. The number of piperidine rings is 1. The molecule has 8 heteroatoms. The van der Waals surface area contributed by atoms with Gasteiger partial charge in [-0.2, -0.15) is 5.26 Å². The molecule has 150 valence electrons. The standard InChI is InChI=1S/C21H21F2N5O/c22-18-2-1-14(7-19(18)23)16-10-25-11-17(16)21(29)13-3-5-28(6-4-13)20-12-26-15(8-24)9-27-20/h1-2,7,9,12-13,16-17,25H,3-6,10-11H2/t16-,17+/m0/s1.